The molecule has 66 valence electrons. The van der Waals surface area contributed by atoms with E-state index in [9.17, 15) is 0 Å². The molecule has 3 heteroatoms. The zero-order valence-electron chi connectivity index (χ0n) is 7.23. The van der Waals surface area contributed by atoms with Gasteiger partial charge in [-0.05, 0) is 6.26 Å². The molecule has 2 nitrogen and oxygen atoms in total. The summed E-state index contributed by atoms with van der Waals surface area (Å²) in [6, 6.07) is 10.0. The van der Waals surface area contributed by atoms with Gasteiger partial charge in [-0.3, -0.25) is 0 Å². The third-order valence-electron chi connectivity index (χ3n) is 1.80. The second kappa shape index (κ2) is 3.66. The molecular formula is C10H9NOS. The standard InChI is InChI=1S/C10H9NOS/c1-13-9-7-12-11-10(9)8-5-3-2-4-6-8/h2-7H,1H3. The summed E-state index contributed by atoms with van der Waals surface area (Å²) in [5, 5.41) is 3.96. The maximum Gasteiger partial charge on any atom is 0.138 e. The summed E-state index contributed by atoms with van der Waals surface area (Å²) in [5.74, 6) is 0. The molecule has 1 aromatic heterocycles. The van der Waals surface area contributed by atoms with E-state index in [4.69, 9.17) is 4.52 Å². The minimum Gasteiger partial charge on any atom is -0.363 e. The Kier molecular flexibility index (Phi) is 2.36. The molecule has 0 bridgehead atoms. The Morgan fingerprint density at radius 1 is 1.23 bits per heavy atom. The van der Waals surface area contributed by atoms with Crippen LogP contribution in [-0.2, 0) is 0 Å². The highest BCUT2D eigenvalue weighted by atomic mass is 32.2. The molecule has 0 saturated carbocycles. The summed E-state index contributed by atoms with van der Waals surface area (Å²) >= 11 is 1.64. The fourth-order valence-corrected chi connectivity index (χ4v) is 1.65. The second-order valence-electron chi connectivity index (χ2n) is 2.60. The molecule has 0 saturated heterocycles. The Hall–Kier alpha value is -1.22. The van der Waals surface area contributed by atoms with Crippen molar-refractivity contribution in [1.29, 1.82) is 0 Å². The van der Waals surface area contributed by atoms with E-state index in [-0.39, 0.29) is 0 Å². The van der Waals surface area contributed by atoms with Crippen LogP contribution in [0.15, 0.2) is 46.0 Å². The average Bonchev–Trinajstić information content (AvgIpc) is 2.67. The molecule has 2 rings (SSSR count). The molecule has 1 heterocycles. The zero-order valence-corrected chi connectivity index (χ0v) is 8.04. The molecule has 0 unspecified atom stereocenters. The van der Waals surface area contributed by atoms with Crippen LogP contribution in [0.5, 0.6) is 0 Å². The lowest BCUT2D eigenvalue weighted by atomic mass is 10.2. The molecular weight excluding hydrogens is 182 g/mol. The Bertz CT molecular complexity index is 383. The topological polar surface area (TPSA) is 26.0 Å². The van der Waals surface area contributed by atoms with E-state index in [1.165, 1.54) is 0 Å². The number of nitrogens with zero attached hydrogens (tertiary/aromatic N) is 1. The van der Waals surface area contributed by atoms with Crippen LogP contribution in [0.3, 0.4) is 0 Å². The normalized spacial score (nSPS) is 10.2. The fourth-order valence-electron chi connectivity index (χ4n) is 1.16. The van der Waals surface area contributed by atoms with Gasteiger partial charge in [-0.25, -0.2) is 0 Å². The molecule has 0 N–H and O–H groups in total. The SMILES string of the molecule is CSc1conc1-c1ccccc1. The van der Waals surface area contributed by atoms with Crippen LogP contribution in [0.1, 0.15) is 0 Å². The first-order valence-corrected chi connectivity index (χ1v) is 5.18. The van der Waals surface area contributed by atoms with Gasteiger partial charge in [0.15, 0.2) is 0 Å². The van der Waals surface area contributed by atoms with Gasteiger partial charge in [0.2, 0.25) is 0 Å². The third-order valence-corrected chi connectivity index (χ3v) is 2.53. The lowest BCUT2D eigenvalue weighted by Gasteiger charge is -1.96. The number of hydrogen-bond acceptors (Lipinski definition) is 3. The maximum absolute atomic E-state index is 4.92. The van der Waals surface area contributed by atoms with Gasteiger partial charge in [0.05, 0.1) is 4.90 Å². The third kappa shape index (κ3) is 1.60. The Morgan fingerprint density at radius 2 is 2.00 bits per heavy atom. The number of rotatable bonds is 2. The number of aromatic nitrogens is 1. The van der Waals surface area contributed by atoms with Crippen LogP contribution in [-0.4, -0.2) is 11.4 Å². The molecule has 2 aromatic rings. The van der Waals surface area contributed by atoms with Crippen LogP contribution in [0.4, 0.5) is 0 Å². The predicted octanol–water partition coefficient (Wildman–Crippen LogP) is 3.06. The van der Waals surface area contributed by atoms with Crippen LogP contribution < -0.4 is 0 Å². The van der Waals surface area contributed by atoms with Gasteiger partial charge in [-0.15, -0.1) is 11.8 Å². The van der Waals surface area contributed by atoms with Crippen LogP contribution >= 0.6 is 11.8 Å². The second-order valence-corrected chi connectivity index (χ2v) is 3.45. The molecule has 0 radical (unpaired) electrons. The van der Waals surface area contributed by atoms with Gasteiger partial charge in [0.25, 0.3) is 0 Å². The van der Waals surface area contributed by atoms with Crippen molar-refractivity contribution >= 4 is 11.8 Å². The van der Waals surface area contributed by atoms with E-state index in [1.807, 2.05) is 36.6 Å². The van der Waals surface area contributed by atoms with Crippen molar-refractivity contribution in [3.8, 4) is 11.3 Å². The van der Waals surface area contributed by atoms with Gasteiger partial charge in [0, 0.05) is 5.56 Å². The van der Waals surface area contributed by atoms with Crippen molar-refractivity contribution in [2.45, 2.75) is 4.90 Å². The van der Waals surface area contributed by atoms with Crippen molar-refractivity contribution in [1.82, 2.24) is 5.16 Å². The van der Waals surface area contributed by atoms with E-state index in [0.29, 0.717) is 0 Å². The predicted molar refractivity (Wildman–Crippen MR) is 53.7 cm³/mol. The molecule has 13 heavy (non-hydrogen) atoms. The maximum atomic E-state index is 4.92. The summed E-state index contributed by atoms with van der Waals surface area (Å²) in [6.07, 6.45) is 3.69. The van der Waals surface area contributed by atoms with Crippen molar-refractivity contribution in [2.75, 3.05) is 6.26 Å². The summed E-state index contributed by atoms with van der Waals surface area (Å²) in [6.45, 7) is 0. The van der Waals surface area contributed by atoms with E-state index >= 15 is 0 Å². The molecule has 0 spiro atoms. The van der Waals surface area contributed by atoms with Gasteiger partial charge in [0.1, 0.15) is 12.0 Å². The lowest BCUT2D eigenvalue weighted by Crippen LogP contribution is -1.77. The molecule has 0 aliphatic carbocycles. The molecule has 1 aromatic carbocycles. The largest absolute Gasteiger partial charge is 0.363 e. The fraction of sp³-hybridized carbons (Fsp3) is 0.100. The summed E-state index contributed by atoms with van der Waals surface area (Å²) in [7, 11) is 0. The lowest BCUT2D eigenvalue weighted by molar-refractivity contribution is 0.420. The monoisotopic (exact) mass is 191 g/mol. The van der Waals surface area contributed by atoms with Crippen LogP contribution in [0, 0.1) is 0 Å². The van der Waals surface area contributed by atoms with Crippen molar-refractivity contribution in [2.24, 2.45) is 0 Å². The molecule has 0 amide bonds. The van der Waals surface area contributed by atoms with E-state index in [0.717, 1.165) is 16.2 Å². The van der Waals surface area contributed by atoms with Crippen molar-refractivity contribution in [3.63, 3.8) is 0 Å². The van der Waals surface area contributed by atoms with Crippen molar-refractivity contribution < 1.29 is 4.52 Å². The van der Waals surface area contributed by atoms with Crippen LogP contribution in [0.2, 0.25) is 0 Å². The van der Waals surface area contributed by atoms with Crippen molar-refractivity contribution in [3.05, 3.63) is 36.6 Å². The van der Waals surface area contributed by atoms with Crippen LogP contribution in [0.25, 0.3) is 11.3 Å². The Labute approximate surface area is 80.9 Å². The minimum absolute atomic E-state index is 0.924. The number of hydrogen-bond donors (Lipinski definition) is 0. The first-order valence-electron chi connectivity index (χ1n) is 3.95. The highest BCUT2D eigenvalue weighted by Gasteiger charge is 2.07. The molecule has 0 atom stereocenters. The van der Waals surface area contributed by atoms with Gasteiger partial charge >= 0.3 is 0 Å². The van der Waals surface area contributed by atoms with E-state index in [2.05, 4.69) is 5.16 Å². The molecule has 0 aliphatic heterocycles. The van der Waals surface area contributed by atoms with E-state index in [1.54, 1.807) is 18.0 Å². The quantitative estimate of drug-likeness (QED) is 0.682. The highest BCUT2D eigenvalue weighted by Crippen LogP contribution is 2.28. The first-order chi connectivity index (χ1) is 6.42. The highest BCUT2D eigenvalue weighted by molar-refractivity contribution is 7.98. The van der Waals surface area contributed by atoms with Gasteiger partial charge in [-0.1, -0.05) is 35.5 Å². The Morgan fingerprint density at radius 3 is 2.69 bits per heavy atom. The number of thioether (sulfide) groups is 1. The minimum atomic E-state index is 0.924. The zero-order chi connectivity index (χ0) is 9.10. The summed E-state index contributed by atoms with van der Waals surface area (Å²) < 4.78 is 4.92. The Balaban J connectivity index is 2.47. The average molecular weight is 191 g/mol. The number of benzene rings is 1. The van der Waals surface area contributed by atoms with E-state index < -0.39 is 0 Å². The molecule has 0 fully saturated rings. The first kappa shape index (κ1) is 8.38. The smallest absolute Gasteiger partial charge is 0.138 e. The van der Waals surface area contributed by atoms with Gasteiger partial charge < -0.3 is 4.52 Å². The molecule has 0 aliphatic rings. The summed E-state index contributed by atoms with van der Waals surface area (Å²) in [5.41, 5.74) is 2.02. The van der Waals surface area contributed by atoms with Gasteiger partial charge in [-0.2, -0.15) is 0 Å². The summed E-state index contributed by atoms with van der Waals surface area (Å²) in [4.78, 5) is 1.08.